The van der Waals surface area contributed by atoms with Gasteiger partial charge in [-0.25, -0.2) is 14.6 Å². The Kier molecular flexibility index (Phi) is 5.08. The Labute approximate surface area is 127 Å². The van der Waals surface area contributed by atoms with E-state index in [1.807, 2.05) is 6.07 Å². The van der Waals surface area contributed by atoms with Gasteiger partial charge in [0.05, 0.1) is 7.11 Å². The monoisotopic (exact) mass is 301 g/mol. The average molecular weight is 301 g/mol. The second kappa shape index (κ2) is 7.21. The summed E-state index contributed by atoms with van der Waals surface area (Å²) in [5.41, 5.74) is 0.127. The van der Waals surface area contributed by atoms with Crippen molar-refractivity contribution in [3.8, 4) is 11.6 Å². The van der Waals surface area contributed by atoms with Gasteiger partial charge in [-0.2, -0.15) is 0 Å². The van der Waals surface area contributed by atoms with Gasteiger partial charge in [0.25, 0.3) is 0 Å². The molecule has 0 aliphatic carbocycles. The van der Waals surface area contributed by atoms with E-state index in [0.717, 1.165) is 0 Å². The van der Waals surface area contributed by atoms with Crippen molar-refractivity contribution in [3.05, 3.63) is 54.2 Å². The lowest BCUT2D eigenvalue weighted by atomic mass is 10.2. The predicted octanol–water partition coefficient (Wildman–Crippen LogP) is 2.59. The van der Waals surface area contributed by atoms with Crippen LogP contribution in [0.15, 0.2) is 48.7 Å². The highest BCUT2D eigenvalue weighted by Crippen LogP contribution is 2.23. The van der Waals surface area contributed by atoms with Crippen LogP contribution in [0.4, 0.5) is 0 Å². The molecule has 0 saturated carbocycles. The molecular weight excluding hydrogens is 286 g/mol. The maximum absolute atomic E-state index is 12.1. The molecule has 0 radical (unpaired) electrons. The van der Waals surface area contributed by atoms with Crippen molar-refractivity contribution >= 4 is 11.9 Å². The third-order valence-corrected chi connectivity index (χ3v) is 2.77. The van der Waals surface area contributed by atoms with Crippen LogP contribution in [-0.2, 0) is 14.3 Å². The number of hydrogen-bond acceptors (Lipinski definition) is 6. The van der Waals surface area contributed by atoms with E-state index in [1.54, 1.807) is 30.3 Å². The number of nitrogens with zero attached hydrogens (tertiary/aromatic N) is 1. The molecule has 0 aliphatic rings. The Hall–Kier alpha value is -2.89. The van der Waals surface area contributed by atoms with Gasteiger partial charge in [-0.15, -0.1) is 0 Å². The van der Waals surface area contributed by atoms with Crippen LogP contribution in [0, 0.1) is 0 Å². The first-order chi connectivity index (χ1) is 10.6. The molecule has 0 aliphatic heterocycles. The molecule has 1 heterocycles. The number of hydrogen-bond donors (Lipinski definition) is 0. The smallest absolute Gasteiger partial charge is 0.346 e. The summed E-state index contributed by atoms with van der Waals surface area (Å²) in [5, 5.41) is 0. The summed E-state index contributed by atoms with van der Waals surface area (Å²) in [7, 11) is 1.22. The highest BCUT2D eigenvalue weighted by atomic mass is 16.6. The summed E-state index contributed by atoms with van der Waals surface area (Å²) >= 11 is 0. The maximum atomic E-state index is 12.1. The van der Waals surface area contributed by atoms with E-state index in [-0.39, 0.29) is 11.4 Å². The summed E-state index contributed by atoms with van der Waals surface area (Å²) in [4.78, 5) is 27.5. The molecule has 0 unspecified atom stereocenters. The summed E-state index contributed by atoms with van der Waals surface area (Å²) < 4.78 is 15.1. The SMILES string of the molecule is COC(=O)[C@H](C)OC(=O)c1cccnc1Oc1ccccc1. The van der Waals surface area contributed by atoms with Gasteiger partial charge in [0.15, 0.2) is 6.10 Å². The number of aromatic nitrogens is 1. The molecular formula is C16H15NO5. The van der Waals surface area contributed by atoms with Crippen LogP contribution in [0.5, 0.6) is 11.6 Å². The van der Waals surface area contributed by atoms with E-state index in [1.165, 1.54) is 26.3 Å². The number of carbonyl (C=O) groups is 2. The quantitative estimate of drug-likeness (QED) is 0.790. The Bertz CT molecular complexity index is 657. The summed E-state index contributed by atoms with van der Waals surface area (Å²) in [6.45, 7) is 1.43. The van der Waals surface area contributed by atoms with Gasteiger partial charge in [-0.3, -0.25) is 0 Å². The van der Waals surface area contributed by atoms with Crippen molar-refractivity contribution in [2.24, 2.45) is 0 Å². The molecule has 114 valence electrons. The number of pyridine rings is 1. The maximum Gasteiger partial charge on any atom is 0.346 e. The Morgan fingerprint density at radius 2 is 1.82 bits per heavy atom. The molecule has 6 nitrogen and oxygen atoms in total. The van der Waals surface area contributed by atoms with Crippen LogP contribution >= 0.6 is 0 Å². The molecule has 0 saturated heterocycles. The lowest BCUT2D eigenvalue weighted by Gasteiger charge is -2.13. The number of ether oxygens (including phenoxy) is 3. The van der Waals surface area contributed by atoms with Gasteiger partial charge in [0.1, 0.15) is 11.3 Å². The van der Waals surface area contributed by atoms with Gasteiger partial charge >= 0.3 is 11.9 Å². The predicted molar refractivity (Wildman–Crippen MR) is 77.6 cm³/mol. The number of rotatable bonds is 5. The highest BCUT2D eigenvalue weighted by Gasteiger charge is 2.22. The van der Waals surface area contributed by atoms with Gasteiger partial charge in [-0.05, 0) is 31.2 Å². The number of carbonyl (C=O) groups excluding carboxylic acids is 2. The van der Waals surface area contributed by atoms with E-state index in [4.69, 9.17) is 9.47 Å². The zero-order valence-electron chi connectivity index (χ0n) is 12.2. The summed E-state index contributed by atoms with van der Waals surface area (Å²) in [6, 6.07) is 12.0. The second-order valence-electron chi connectivity index (χ2n) is 4.34. The number of para-hydroxylation sites is 1. The highest BCUT2D eigenvalue weighted by molar-refractivity contribution is 5.93. The molecule has 0 spiro atoms. The number of benzene rings is 1. The van der Waals surface area contributed by atoms with E-state index in [0.29, 0.717) is 5.75 Å². The minimum absolute atomic E-state index is 0.107. The fraction of sp³-hybridized carbons (Fsp3) is 0.188. The first-order valence-electron chi connectivity index (χ1n) is 6.58. The topological polar surface area (TPSA) is 74.7 Å². The van der Waals surface area contributed by atoms with Crippen molar-refractivity contribution in [3.63, 3.8) is 0 Å². The van der Waals surface area contributed by atoms with E-state index < -0.39 is 18.0 Å². The molecule has 1 aromatic heterocycles. The fourth-order valence-corrected chi connectivity index (χ4v) is 1.67. The lowest BCUT2D eigenvalue weighted by molar-refractivity contribution is -0.149. The minimum atomic E-state index is -1.01. The van der Waals surface area contributed by atoms with Gasteiger partial charge in [0.2, 0.25) is 5.88 Å². The van der Waals surface area contributed by atoms with Crippen LogP contribution in [0.25, 0.3) is 0 Å². The third-order valence-electron chi connectivity index (χ3n) is 2.77. The van der Waals surface area contributed by atoms with Crippen molar-refractivity contribution in [1.82, 2.24) is 4.98 Å². The normalized spacial score (nSPS) is 11.4. The van der Waals surface area contributed by atoms with Crippen molar-refractivity contribution in [2.45, 2.75) is 13.0 Å². The van der Waals surface area contributed by atoms with Crippen LogP contribution in [0.1, 0.15) is 17.3 Å². The molecule has 0 amide bonds. The van der Waals surface area contributed by atoms with Crippen LogP contribution in [0.2, 0.25) is 0 Å². The van der Waals surface area contributed by atoms with E-state index >= 15 is 0 Å². The Morgan fingerprint density at radius 3 is 2.50 bits per heavy atom. The molecule has 0 bridgehead atoms. The van der Waals surface area contributed by atoms with Crippen molar-refractivity contribution in [1.29, 1.82) is 0 Å². The van der Waals surface area contributed by atoms with Crippen molar-refractivity contribution in [2.75, 3.05) is 7.11 Å². The van der Waals surface area contributed by atoms with E-state index in [2.05, 4.69) is 9.72 Å². The fourth-order valence-electron chi connectivity index (χ4n) is 1.67. The van der Waals surface area contributed by atoms with Gasteiger partial charge in [-0.1, -0.05) is 18.2 Å². The van der Waals surface area contributed by atoms with E-state index in [9.17, 15) is 9.59 Å². The molecule has 1 aromatic carbocycles. The molecule has 0 fully saturated rings. The summed E-state index contributed by atoms with van der Waals surface area (Å²) in [5.74, 6) is -0.702. The zero-order valence-corrected chi connectivity index (χ0v) is 12.2. The zero-order chi connectivity index (χ0) is 15.9. The Morgan fingerprint density at radius 1 is 1.09 bits per heavy atom. The minimum Gasteiger partial charge on any atom is -0.466 e. The summed E-state index contributed by atoms with van der Waals surface area (Å²) in [6.07, 6.45) is 0.487. The third kappa shape index (κ3) is 3.82. The first-order valence-corrected chi connectivity index (χ1v) is 6.58. The van der Waals surface area contributed by atoms with Crippen molar-refractivity contribution < 1.29 is 23.8 Å². The first kappa shape index (κ1) is 15.5. The molecule has 22 heavy (non-hydrogen) atoms. The standard InChI is InChI=1S/C16H15NO5/c1-11(15(18)20-2)21-16(19)13-9-6-10-17-14(13)22-12-7-4-3-5-8-12/h3-11H,1-2H3/t11-/m0/s1. The molecule has 2 rings (SSSR count). The molecule has 6 heteroatoms. The van der Waals surface area contributed by atoms with Crippen LogP contribution < -0.4 is 4.74 Å². The second-order valence-corrected chi connectivity index (χ2v) is 4.34. The van der Waals surface area contributed by atoms with Gasteiger partial charge in [0, 0.05) is 6.20 Å². The average Bonchev–Trinajstić information content (AvgIpc) is 2.55. The number of esters is 2. The molecule has 2 aromatic rings. The molecule has 0 N–H and O–H groups in total. The Balaban J connectivity index is 2.17. The largest absolute Gasteiger partial charge is 0.466 e. The number of methoxy groups -OCH3 is 1. The van der Waals surface area contributed by atoms with Gasteiger partial charge < -0.3 is 14.2 Å². The molecule has 1 atom stereocenters. The van der Waals surface area contributed by atoms with Crippen LogP contribution in [0.3, 0.4) is 0 Å². The lowest BCUT2D eigenvalue weighted by Crippen LogP contribution is -2.25. The van der Waals surface area contributed by atoms with Crippen LogP contribution in [-0.4, -0.2) is 30.1 Å².